The first-order valence-electron chi connectivity index (χ1n) is 8.86. The van der Waals surface area contributed by atoms with Crippen LogP contribution in [-0.2, 0) is 6.54 Å². The highest BCUT2D eigenvalue weighted by molar-refractivity contribution is 5.52. The van der Waals surface area contributed by atoms with Crippen LogP contribution in [0.5, 0.6) is 0 Å². The van der Waals surface area contributed by atoms with Crippen LogP contribution in [0.2, 0.25) is 0 Å². The molecule has 0 spiro atoms. The highest BCUT2D eigenvalue weighted by Gasteiger charge is 2.33. The normalized spacial score (nSPS) is 23.1. The number of aryl methyl sites for hydroxylation is 1. The molecule has 1 N–H and O–H groups in total. The van der Waals surface area contributed by atoms with E-state index in [0.29, 0.717) is 0 Å². The van der Waals surface area contributed by atoms with E-state index in [1.807, 2.05) is 0 Å². The molecule has 1 aliphatic heterocycles. The van der Waals surface area contributed by atoms with Gasteiger partial charge in [0, 0.05) is 24.8 Å². The van der Waals surface area contributed by atoms with Crippen molar-refractivity contribution in [2.45, 2.75) is 65.0 Å². The SMILES string of the molecule is CCNCc1ccc(N2CCCC2C2CCCC2)cc1C. The molecule has 0 radical (unpaired) electrons. The van der Waals surface area contributed by atoms with E-state index in [1.54, 1.807) is 0 Å². The number of nitrogens with zero attached hydrogens (tertiary/aromatic N) is 1. The highest BCUT2D eigenvalue weighted by Crippen LogP contribution is 2.38. The van der Waals surface area contributed by atoms with Crippen molar-refractivity contribution in [3.8, 4) is 0 Å². The van der Waals surface area contributed by atoms with Crippen molar-refractivity contribution >= 4 is 5.69 Å². The number of benzene rings is 1. The van der Waals surface area contributed by atoms with Gasteiger partial charge in [-0.1, -0.05) is 25.8 Å². The molecule has 3 rings (SSSR count). The van der Waals surface area contributed by atoms with E-state index in [-0.39, 0.29) is 0 Å². The number of hydrogen-bond acceptors (Lipinski definition) is 2. The van der Waals surface area contributed by atoms with Gasteiger partial charge < -0.3 is 10.2 Å². The van der Waals surface area contributed by atoms with E-state index in [2.05, 4.69) is 42.3 Å². The smallest absolute Gasteiger partial charge is 0.0371 e. The number of hydrogen-bond donors (Lipinski definition) is 1. The molecule has 0 aromatic heterocycles. The summed E-state index contributed by atoms with van der Waals surface area (Å²) < 4.78 is 0. The summed E-state index contributed by atoms with van der Waals surface area (Å²) in [5.41, 5.74) is 4.34. The van der Waals surface area contributed by atoms with Crippen LogP contribution >= 0.6 is 0 Å². The fourth-order valence-corrected chi connectivity index (χ4v) is 4.26. The lowest BCUT2D eigenvalue weighted by Gasteiger charge is -2.31. The van der Waals surface area contributed by atoms with Gasteiger partial charge in [0.1, 0.15) is 0 Å². The van der Waals surface area contributed by atoms with Crippen molar-refractivity contribution in [2.24, 2.45) is 5.92 Å². The first kappa shape index (κ1) is 14.9. The van der Waals surface area contributed by atoms with Crippen LogP contribution in [0.4, 0.5) is 5.69 Å². The fraction of sp³-hybridized carbons (Fsp3) is 0.684. The molecule has 2 nitrogen and oxygen atoms in total. The van der Waals surface area contributed by atoms with Gasteiger partial charge >= 0.3 is 0 Å². The summed E-state index contributed by atoms with van der Waals surface area (Å²) in [4.78, 5) is 2.71. The maximum Gasteiger partial charge on any atom is 0.0371 e. The Morgan fingerprint density at radius 1 is 1.14 bits per heavy atom. The van der Waals surface area contributed by atoms with Gasteiger partial charge in [-0.3, -0.25) is 0 Å². The summed E-state index contributed by atoms with van der Waals surface area (Å²) in [6.45, 7) is 7.72. The average molecular weight is 286 g/mol. The second-order valence-corrected chi connectivity index (χ2v) is 6.84. The topological polar surface area (TPSA) is 15.3 Å². The largest absolute Gasteiger partial charge is 0.368 e. The molecule has 1 saturated carbocycles. The van der Waals surface area contributed by atoms with Crippen molar-refractivity contribution in [1.29, 1.82) is 0 Å². The Morgan fingerprint density at radius 2 is 1.95 bits per heavy atom. The van der Waals surface area contributed by atoms with Crippen LogP contribution in [0.3, 0.4) is 0 Å². The predicted octanol–water partition coefficient (Wildman–Crippen LogP) is 4.26. The molecule has 2 fully saturated rings. The van der Waals surface area contributed by atoms with Crippen LogP contribution in [0, 0.1) is 12.8 Å². The molecule has 1 aliphatic carbocycles. The van der Waals surface area contributed by atoms with Gasteiger partial charge in [-0.15, -0.1) is 0 Å². The molecule has 0 amide bonds. The highest BCUT2D eigenvalue weighted by atomic mass is 15.2. The minimum absolute atomic E-state index is 0.812. The van der Waals surface area contributed by atoms with Gasteiger partial charge in [0.15, 0.2) is 0 Å². The lowest BCUT2D eigenvalue weighted by Crippen LogP contribution is -2.34. The van der Waals surface area contributed by atoms with E-state index in [9.17, 15) is 0 Å². The Morgan fingerprint density at radius 3 is 2.67 bits per heavy atom. The van der Waals surface area contributed by atoms with Crippen molar-refractivity contribution in [3.63, 3.8) is 0 Å². The van der Waals surface area contributed by atoms with Gasteiger partial charge in [-0.05, 0) is 68.3 Å². The zero-order valence-electron chi connectivity index (χ0n) is 13.7. The lowest BCUT2D eigenvalue weighted by molar-refractivity contribution is 0.431. The Kier molecular flexibility index (Phi) is 4.84. The molecular formula is C19H30N2. The Balaban J connectivity index is 1.74. The van der Waals surface area contributed by atoms with Crippen molar-refractivity contribution < 1.29 is 0 Å². The first-order chi connectivity index (χ1) is 10.3. The van der Waals surface area contributed by atoms with E-state index in [4.69, 9.17) is 0 Å². The van der Waals surface area contributed by atoms with Crippen LogP contribution in [0.25, 0.3) is 0 Å². The number of anilines is 1. The molecule has 1 heterocycles. The molecule has 1 unspecified atom stereocenters. The van der Waals surface area contributed by atoms with Crippen LogP contribution < -0.4 is 10.2 Å². The second-order valence-electron chi connectivity index (χ2n) is 6.84. The molecule has 1 saturated heterocycles. The van der Waals surface area contributed by atoms with E-state index in [1.165, 1.54) is 61.9 Å². The molecule has 1 aromatic rings. The first-order valence-corrected chi connectivity index (χ1v) is 8.86. The van der Waals surface area contributed by atoms with Crippen LogP contribution in [-0.4, -0.2) is 19.1 Å². The molecular weight excluding hydrogens is 256 g/mol. The summed E-state index contributed by atoms with van der Waals surface area (Å²) in [7, 11) is 0. The molecule has 116 valence electrons. The van der Waals surface area contributed by atoms with Crippen LogP contribution in [0.1, 0.15) is 56.6 Å². The van der Waals surface area contributed by atoms with Crippen molar-refractivity contribution in [2.75, 3.05) is 18.0 Å². The summed E-state index contributed by atoms with van der Waals surface area (Å²) in [5, 5.41) is 3.43. The van der Waals surface area contributed by atoms with Gasteiger partial charge in [-0.2, -0.15) is 0 Å². The van der Waals surface area contributed by atoms with Gasteiger partial charge in [-0.25, -0.2) is 0 Å². The molecule has 2 aliphatic rings. The van der Waals surface area contributed by atoms with Crippen LogP contribution in [0.15, 0.2) is 18.2 Å². The average Bonchev–Trinajstić information content (AvgIpc) is 3.16. The third kappa shape index (κ3) is 3.26. The van der Waals surface area contributed by atoms with E-state index in [0.717, 1.165) is 25.0 Å². The molecule has 1 aromatic carbocycles. The monoisotopic (exact) mass is 286 g/mol. The second kappa shape index (κ2) is 6.83. The zero-order chi connectivity index (χ0) is 14.7. The minimum atomic E-state index is 0.812. The maximum atomic E-state index is 3.43. The molecule has 21 heavy (non-hydrogen) atoms. The van der Waals surface area contributed by atoms with E-state index >= 15 is 0 Å². The third-order valence-electron chi connectivity index (χ3n) is 5.47. The molecule has 1 atom stereocenters. The third-order valence-corrected chi connectivity index (χ3v) is 5.47. The minimum Gasteiger partial charge on any atom is -0.368 e. The quantitative estimate of drug-likeness (QED) is 0.870. The zero-order valence-corrected chi connectivity index (χ0v) is 13.7. The van der Waals surface area contributed by atoms with Crippen molar-refractivity contribution in [1.82, 2.24) is 5.32 Å². The standard InChI is InChI=1S/C19H30N2/c1-3-20-14-17-10-11-18(13-15(17)2)21-12-6-9-19(21)16-7-4-5-8-16/h10-11,13,16,19-20H,3-9,12,14H2,1-2H3. The van der Waals surface area contributed by atoms with Gasteiger partial charge in [0.2, 0.25) is 0 Å². The van der Waals surface area contributed by atoms with Crippen molar-refractivity contribution in [3.05, 3.63) is 29.3 Å². The fourth-order valence-electron chi connectivity index (χ4n) is 4.26. The summed E-state index contributed by atoms with van der Waals surface area (Å²) in [5.74, 6) is 0.953. The lowest BCUT2D eigenvalue weighted by atomic mass is 9.95. The summed E-state index contributed by atoms with van der Waals surface area (Å²) >= 11 is 0. The van der Waals surface area contributed by atoms with E-state index < -0.39 is 0 Å². The maximum absolute atomic E-state index is 3.43. The van der Waals surface area contributed by atoms with Gasteiger partial charge in [0.25, 0.3) is 0 Å². The Labute approximate surface area is 129 Å². The Bertz CT molecular complexity index is 463. The molecule has 0 bridgehead atoms. The molecule has 2 heteroatoms. The predicted molar refractivity (Wildman–Crippen MR) is 90.9 cm³/mol. The Hall–Kier alpha value is -1.02. The number of rotatable bonds is 5. The summed E-state index contributed by atoms with van der Waals surface area (Å²) in [6.07, 6.45) is 8.60. The summed E-state index contributed by atoms with van der Waals surface area (Å²) in [6, 6.07) is 7.91. The number of nitrogens with one attached hydrogen (secondary N) is 1. The van der Waals surface area contributed by atoms with Gasteiger partial charge in [0.05, 0.1) is 0 Å².